The van der Waals surface area contributed by atoms with Crippen molar-refractivity contribution < 1.29 is 168 Å². The standard InChI is InChI=1S/C50H80N2O36S/c1-13-5-52(50(74)51-42(13)73)3-2-4-89-12-20-41-27(65)34(72)49(81-20)87-40-19(11-58)79-47(32(70)25(40)63)85-38-17(9-56)77-45(30(68)23(38)61)83-36-15(7-54)75-43(28(66)21(36)59)82-35-14(6-53)76-44(29(67)22(35)60)84-37-16(8-55)78-46(31(69)24(37)62)86-39-18(10-57)80-48(88-41)33(71)26(39)64/h5,14-41,43-49,53-72H,2-4,6-12H2,1H3,(H,51,73,74)/t14-,15-,16-,17-,18-,19-,20-,21-,22-,23-,24-,25-,26-,27-,28-,29-,30-,31-,32-,33-,34-,35-,36-,37-,38-,39-,40-,41-,43-,44-,45-,46-,47-,48-,49-/m1/s1. The zero-order chi connectivity index (χ0) is 64.6. The average Bonchev–Trinajstić information content (AvgIpc) is 1.18. The van der Waals surface area contributed by atoms with Crippen molar-refractivity contribution in [3.05, 3.63) is 32.6 Å². The van der Waals surface area contributed by atoms with Crippen LogP contribution in [-0.2, 0) is 72.9 Å². The number of aryl methyl sites for hydroxylation is 2. The van der Waals surface area contributed by atoms with Gasteiger partial charge < -0.3 is 173 Å². The van der Waals surface area contributed by atoms with E-state index >= 15 is 0 Å². The number of aliphatic hydroxyl groups is 20. The first-order chi connectivity index (χ1) is 42.4. The molecule has 21 fully saturated rings. The smallest absolute Gasteiger partial charge is 0.328 e. The van der Waals surface area contributed by atoms with Crippen molar-refractivity contribution in [3.8, 4) is 0 Å². The number of nitrogens with one attached hydrogen (secondary N) is 1. The van der Waals surface area contributed by atoms with Crippen molar-refractivity contribution in [2.45, 2.75) is 235 Å². The quantitative estimate of drug-likeness (QED) is 0.0864. The van der Waals surface area contributed by atoms with Crippen LogP contribution < -0.4 is 11.2 Å². The predicted octanol–water partition coefficient (Wildman–Crippen LogP) is -14.2. The van der Waals surface area contributed by atoms with E-state index in [9.17, 15) is 112 Å². The summed E-state index contributed by atoms with van der Waals surface area (Å²) in [6.45, 7) is -4.73. The lowest BCUT2D eigenvalue weighted by molar-refractivity contribution is -0.396. The first-order valence-corrected chi connectivity index (χ1v) is 29.8. The summed E-state index contributed by atoms with van der Waals surface area (Å²) in [5.41, 5.74) is -0.999. The zero-order valence-corrected chi connectivity index (χ0v) is 48.0. The molecule has 22 heterocycles. The number of hydrogen-bond acceptors (Lipinski definition) is 37. The van der Waals surface area contributed by atoms with Gasteiger partial charge in [0.2, 0.25) is 0 Å². The molecule has 0 radical (unpaired) electrons. The van der Waals surface area contributed by atoms with Gasteiger partial charge in [-0.2, -0.15) is 11.8 Å². The Kier molecular flexibility index (Phi) is 24.4. The van der Waals surface area contributed by atoms with Gasteiger partial charge in [0.25, 0.3) is 5.56 Å². The number of H-pyrrole nitrogens is 1. The Morgan fingerprint density at radius 3 is 0.820 bits per heavy atom. The summed E-state index contributed by atoms with van der Waals surface area (Å²) < 4.78 is 82.7. The van der Waals surface area contributed by atoms with Crippen LogP contribution in [0, 0.1) is 6.92 Å². The van der Waals surface area contributed by atoms with E-state index in [0.717, 1.165) is 11.8 Å². The van der Waals surface area contributed by atoms with Crippen LogP contribution in [0.25, 0.3) is 0 Å². The molecule has 0 aliphatic carbocycles. The second-order valence-electron chi connectivity index (χ2n) is 22.7. The van der Waals surface area contributed by atoms with E-state index < -0.39 is 266 Å². The van der Waals surface area contributed by atoms with Gasteiger partial charge >= 0.3 is 5.69 Å². The van der Waals surface area contributed by atoms with Gasteiger partial charge in [0.15, 0.2) is 44.0 Å². The summed E-state index contributed by atoms with van der Waals surface area (Å²) in [6, 6.07) is 0. The Hall–Kier alpha value is -2.33. The zero-order valence-electron chi connectivity index (χ0n) is 47.2. The van der Waals surface area contributed by atoms with Crippen molar-refractivity contribution in [2.75, 3.05) is 51.1 Å². The normalized spacial score (nSPS) is 49.5. The van der Waals surface area contributed by atoms with Crippen molar-refractivity contribution in [1.29, 1.82) is 0 Å². The fourth-order valence-electron chi connectivity index (χ4n) is 11.7. The molecule has 1 aromatic heterocycles. The summed E-state index contributed by atoms with van der Waals surface area (Å²) in [5.74, 6) is 0.0289. The van der Waals surface area contributed by atoms with Gasteiger partial charge in [0.05, 0.1) is 45.7 Å². The third-order valence-corrected chi connectivity index (χ3v) is 17.9. The molecule has 89 heavy (non-hydrogen) atoms. The molecule has 0 saturated carbocycles. The third kappa shape index (κ3) is 14.7. The van der Waals surface area contributed by atoms with Crippen LogP contribution in [0.5, 0.6) is 0 Å². The highest BCUT2D eigenvalue weighted by Gasteiger charge is 2.59. The Labute approximate surface area is 507 Å². The Morgan fingerprint density at radius 1 is 0.360 bits per heavy atom. The van der Waals surface area contributed by atoms with Gasteiger partial charge in [-0.1, -0.05) is 0 Å². The van der Waals surface area contributed by atoms with Crippen molar-refractivity contribution in [2.24, 2.45) is 0 Å². The Balaban J connectivity index is 1.00. The van der Waals surface area contributed by atoms with Crippen LogP contribution in [0.1, 0.15) is 12.0 Å². The predicted molar refractivity (Wildman–Crippen MR) is 279 cm³/mol. The van der Waals surface area contributed by atoms with Crippen LogP contribution in [0.4, 0.5) is 0 Å². The molecule has 0 unspecified atom stereocenters. The molecule has 21 aliphatic heterocycles. The van der Waals surface area contributed by atoms with E-state index in [0.29, 0.717) is 0 Å². The lowest BCUT2D eigenvalue weighted by Gasteiger charge is -2.50. The summed E-state index contributed by atoms with van der Waals surface area (Å²) >= 11 is 1.12. The highest BCUT2D eigenvalue weighted by Crippen LogP contribution is 2.39. The molecular formula is C50H80N2O36S. The van der Waals surface area contributed by atoms with Gasteiger partial charge in [-0.25, -0.2) is 4.79 Å². The molecule has 1 aromatic rings. The maximum absolute atomic E-state index is 12.5. The van der Waals surface area contributed by atoms with Crippen LogP contribution in [0.2, 0.25) is 0 Å². The number of thioether (sulfide) groups is 1. The fraction of sp³-hybridized carbons (Fsp3) is 0.920. The molecule has 0 spiro atoms. The van der Waals surface area contributed by atoms with E-state index in [-0.39, 0.29) is 30.0 Å². The van der Waals surface area contributed by atoms with Crippen molar-refractivity contribution in [3.63, 3.8) is 0 Å². The number of aliphatic hydroxyl groups excluding tert-OH is 20. The van der Waals surface area contributed by atoms with Gasteiger partial charge in [-0.3, -0.25) is 9.78 Å². The molecule has 14 bridgehead atoms. The summed E-state index contributed by atoms with van der Waals surface area (Å²) in [6.07, 6.45) is -68.6. The van der Waals surface area contributed by atoms with E-state index in [4.69, 9.17) is 66.3 Å². The number of aromatic nitrogens is 2. The van der Waals surface area contributed by atoms with Crippen LogP contribution in [0.3, 0.4) is 0 Å². The number of ether oxygens (including phenoxy) is 14. The van der Waals surface area contributed by atoms with Crippen LogP contribution in [0.15, 0.2) is 15.8 Å². The molecule has 0 amide bonds. The van der Waals surface area contributed by atoms with Gasteiger partial charge in [0.1, 0.15) is 165 Å². The molecule has 512 valence electrons. The second kappa shape index (κ2) is 30.6. The largest absolute Gasteiger partial charge is 0.394 e. The lowest BCUT2D eigenvalue weighted by atomic mass is 9.95. The lowest BCUT2D eigenvalue weighted by Crippen LogP contribution is -2.68. The maximum Gasteiger partial charge on any atom is 0.328 e. The van der Waals surface area contributed by atoms with Crippen molar-refractivity contribution >= 4 is 11.8 Å². The Bertz CT molecular complexity index is 2500. The topological polar surface area (TPSA) is 589 Å². The third-order valence-electron chi connectivity index (χ3n) is 16.8. The minimum absolute atomic E-state index is 0.106. The monoisotopic (exact) mass is 1320 g/mol. The molecule has 39 heteroatoms. The van der Waals surface area contributed by atoms with Crippen LogP contribution >= 0.6 is 11.8 Å². The summed E-state index contributed by atoms with van der Waals surface area (Å²) in [7, 11) is 0. The highest BCUT2D eigenvalue weighted by atomic mass is 32.2. The van der Waals surface area contributed by atoms with E-state index in [1.165, 1.54) is 17.7 Å². The first-order valence-electron chi connectivity index (χ1n) is 28.6. The van der Waals surface area contributed by atoms with Gasteiger partial charge in [0, 0.05) is 24.1 Å². The van der Waals surface area contributed by atoms with Crippen molar-refractivity contribution in [1.82, 2.24) is 9.55 Å². The first kappa shape index (κ1) is 71.0. The van der Waals surface area contributed by atoms with Crippen LogP contribution in [-0.4, -0.2) is 378 Å². The number of aromatic amines is 1. The van der Waals surface area contributed by atoms with E-state index in [1.807, 2.05) is 0 Å². The molecule has 0 aromatic carbocycles. The van der Waals surface area contributed by atoms with Gasteiger partial charge in [-0.15, -0.1) is 0 Å². The molecule has 22 rings (SSSR count). The highest BCUT2D eigenvalue weighted by molar-refractivity contribution is 7.99. The minimum atomic E-state index is -2.23. The van der Waals surface area contributed by atoms with E-state index in [1.54, 1.807) is 0 Å². The average molecular weight is 1320 g/mol. The number of hydrogen-bond donors (Lipinski definition) is 21. The number of rotatable bonds is 12. The maximum atomic E-state index is 12.5. The fourth-order valence-corrected chi connectivity index (χ4v) is 12.7. The molecule has 38 nitrogen and oxygen atoms in total. The minimum Gasteiger partial charge on any atom is -0.394 e. The number of nitrogens with zero attached hydrogens (tertiary/aromatic N) is 1. The van der Waals surface area contributed by atoms with Gasteiger partial charge in [-0.05, 0) is 19.1 Å². The molecule has 21 N–H and O–H groups in total. The molecule has 21 aliphatic rings. The SMILES string of the molecule is Cc1cn(CCCSC[C@H]2O[C@@H]3O[C@H]4[C@H](O)[C@@H](O)[C@@H](O[C@H]5[C@H](O)[C@@H](O)[C@@H](O[C@H]6[C@H](O)[C@@H](O)[C@@H](O[C@H]7[C@H](O)[C@@H](O)[C@@H](O[C@H]8[C@H](O)[C@@H](O)[C@@H](O[C@H]9[C@H](O)[C@@H](O)[C@@H](O[C@H]2[C@H](O)[C@H]3O)O[C@@H]9CO)O[C@@H]8CO)O[C@@H]7CO)O[C@@H]6CO)O[C@@H]5CO)O[C@@H]4CO)c(=O)[nH]c1=O. The molecule has 35 atom stereocenters. The second-order valence-corrected chi connectivity index (χ2v) is 23.8. The summed E-state index contributed by atoms with van der Waals surface area (Å²) in [4.78, 5) is 26.6. The summed E-state index contributed by atoms with van der Waals surface area (Å²) in [5, 5.41) is 224. The van der Waals surface area contributed by atoms with E-state index in [2.05, 4.69) is 4.98 Å². The molecular weight excluding hydrogens is 1240 g/mol. The Morgan fingerprint density at radius 2 is 0.584 bits per heavy atom. The molecule has 21 saturated heterocycles.